The molecule has 2 amide bonds. The summed E-state index contributed by atoms with van der Waals surface area (Å²) in [5, 5.41) is 12.0. The molecule has 1 heterocycles. The highest BCUT2D eigenvalue weighted by molar-refractivity contribution is 5.85. The summed E-state index contributed by atoms with van der Waals surface area (Å²) < 4.78 is 5.53. The minimum absolute atomic E-state index is 0.0171. The Morgan fingerprint density at radius 1 is 1.09 bits per heavy atom. The van der Waals surface area contributed by atoms with Crippen molar-refractivity contribution in [1.29, 1.82) is 0 Å². The summed E-state index contributed by atoms with van der Waals surface area (Å²) in [5.41, 5.74) is 4.70. The quantitative estimate of drug-likeness (QED) is 0.593. The molecule has 4 rings (SSSR count). The maximum Gasteiger partial charge on any atom is 0.407 e. The molecule has 2 atom stereocenters. The number of aliphatic carboxylic acids is 1. The standard InChI is InChI=1S/C26H30N2O5/c1-17(24(29)28-15-7-13-23(28)25(30)31)8-6-14-27-26(32)33-16-22-20-11-4-2-9-18(20)19-10-3-5-12-21(19)22/h2-5,9-12,17,22-23H,6-8,13-16H2,1H3,(H,27,32)(H,30,31)/t17?,23-/m0/s1. The van der Waals surface area contributed by atoms with Crippen LogP contribution in [0.15, 0.2) is 48.5 Å². The van der Waals surface area contributed by atoms with Crippen molar-refractivity contribution in [3.8, 4) is 11.1 Å². The number of nitrogens with zero attached hydrogens (tertiary/aromatic N) is 1. The maximum atomic E-state index is 12.6. The number of carboxylic acids is 1. The average molecular weight is 451 g/mol. The van der Waals surface area contributed by atoms with Crippen molar-refractivity contribution in [3.63, 3.8) is 0 Å². The van der Waals surface area contributed by atoms with Gasteiger partial charge in [-0.3, -0.25) is 4.79 Å². The Bertz CT molecular complexity index is 991. The molecule has 1 aliphatic heterocycles. The van der Waals surface area contributed by atoms with Crippen LogP contribution < -0.4 is 5.32 Å². The second kappa shape index (κ2) is 10.1. The number of ether oxygens (including phenoxy) is 1. The third kappa shape index (κ3) is 4.87. The van der Waals surface area contributed by atoms with Crippen molar-refractivity contribution in [2.24, 2.45) is 5.92 Å². The Morgan fingerprint density at radius 2 is 1.73 bits per heavy atom. The van der Waals surface area contributed by atoms with Crippen LogP contribution in [0.1, 0.15) is 49.7 Å². The molecule has 2 N–H and O–H groups in total. The summed E-state index contributed by atoms with van der Waals surface area (Å²) in [7, 11) is 0. The molecule has 2 aromatic rings. The summed E-state index contributed by atoms with van der Waals surface area (Å²) in [6.45, 7) is 2.97. The van der Waals surface area contributed by atoms with Crippen molar-refractivity contribution in [2.45, 2.75) is 44.6 Å². The zero-order valence-electron chi connectivity index (χ0n) is 18.8. The van der Waals surface area contributed by atoms with E-state index in [0.717, 1.165) is 6.42 Å². The molecule has 2 aliphatic rings. The van der Waals surface area contributed by atoms with Gasteiger partial charge in [-0.05, 0) is 47.9 Å². The van der Waals surface area contributed by atoms with Gasteiger partial charge in [0.05, 0.1) is 0 Å². The molecule has 1 fully saturated rings. The molecule has 7 nitrogen and oxygen atoms in total. The van der Waals surface area contributed by atoms with Crippen LogP contribution in [-0.4, -0.2) is 53.7 Å². The van der Waals surface area contributed by atoms with Crippen LogP contribution in [0.25, 0.3) is 11.1 Å². The molecule has 33 heavy (non-hydrogen) atoms. The molecule has 0 aromatic heterocycles. The molecule has 1 saturated heterocycles. The summed E-state index contributed by atoms with van der Waals surface area (Å²) in [4.78, 5) is 37.6. The van der Waals surface area contributed by atoms with E-state index in [1.165, 1.54) is 27.2 Å². The number of alkyl carbamates (subject to hydrolysis) is 1. The van der Waals surface area contributed by atoms with Gasteiger partial charge >= 0.3 is 12.1 Å². The SMILES string of the molecule is CC(CCCNC(=O)OCC1c2ccccc2-c2ccccc21)C(=O)N1CCC[C@H]1C(=O)O. The highest BCUT2D eigenvalue weighted by atomic mass is 16.5. The largest absolute Gasteiger partial charge is 0.480 e. The van der Waals surface area contributed by atoms with Crippen molar-refractivity contribution in [1.82, 2.24) is 10.2 Å². The normalized spacial score (nSPS) is 17.8. The lowest BCUT2D eigenvalue weighted by molar-refractivity contribution is -0.149. The van der Waals surface area contributed by atoms with Crippen molar-refractivity contribution >= 4 is 18.0 Å². The first-order valence-corrected chi connectivity index (χ1v) is 11.6. The number of nitrogens with one attached hydrogen (secondary N) is 1. The highest BCUT2D eigenvalue weighted by Crippen LogP contribution is 2.44. The molecular formula is C26H30N2O5. The van der Waals surface area contributed by atoms with Crippen LogP contribution in [-0.2, 0) is 14.3 Å². The van der Waals surface area contributed by atoms with Crippen LogP contribution in [0.4, 0.5) is 4.79 Å². The van der Waals surface area contributed by atoms with Gasteiger partial charge in [-0.25, -0.2) is 9.59 Å². The van der Waals surface area contributed by atoms with Crippen LogP contribution in [0.3, 0.4) is 0 Å². The van der Waals surface area contributed by atoms with E-state index >= 15 is 0 Å². The summed E-state index contributed by atoms with van der Waals surface area (Å²) in [5.74, 6) is -1.33. The van der Waals surface area contributed by atoms with E-state index in [4.69, 9.17) is 4.74 Å². The number of fused-ring (bicyclic) bond motifs is 3. The number of carbonyl (C=O) groups excluding carboxylic acids is 2. The first-order valence-electron chi connectivity index (χ1n) is 11.6. The van der Waals surface area contributed by atoms with Gasteiger partial charge < -0.3 is 20.1 Å². The van der Waals surface area contributed by atoms with E-state index in [9.17, 15) is 19.5 Å². The van der Waals surface area contributed by atoms with Crippen molar-refractivity contribution in [3.05, 3.63) is 59.7 Å². The van der Waals surface area contributed by atoms with Crippen LogP contribution in [0.5, 0.6) is 0 Å². The topological polar surface area (TPSA) is 95.9 Å². The van der Waals surface area contributed by atoms with Crippen molar-refractivity contribution in [2.75, 3.05) is 19.7 Å². The smallest absolute Gasteiger partial charge is 0.407 e. The second-order valence-electron chi connectivity index (χ2n) is 8.82. The number of hydrogen-bond acceptors (Lipinski definition) is 4. The minimum Gasteiger partial charge on any atom is -0.480 e. The lowest BCUT2D eigenvalue weighted by atomic mass is 9.98. The fraction of sp³-hybridized carbons (Fsp3) is 0.423. The highest BCUT2D eigenvalue weighted by Gasteiger charge is 2.35. The third-order valence-corrected chi connectivity index (χ3v) is 6.67. The summed E-state index contributed by atoms with van der Waals surface area (Å²) in [6.07, 6.45) is 1.95. The summed E-state index contributed by atoms with van der Waals surface area (Å²) >= 11 is 0. The fourth-order valence-electron chi connectivity index (χ4n) is 4.94. The fourth-order valence-corrected chi connectivity index (χ4v) is 4.94. The Hall–Kier alpha value is -3.35. The van der Waals surface area contributed by atoms with Gasteiger partial charge in [-0.1, -0.05) is 55.5 Å². The van der Waals surface area contributed by atoms with Gasteiger partial charge in [-0.15, -0.1) is 0 Å². The predicted octanol–water partition coefficient (Wildman–Crippen LogP) is 4.02. The van der Waals surface area contributed by atoms with Gasteiger partial charge in [0, 0.05) is 24.9 Å². The number of hydrogen-bond donors (Lipinski definition) is 2. The first kappa shape index (κ1) is 22.8. The van der Waals surface area contributed by atoms with E-state index in [0.29, 0.717) is 32.4 Å². The first-order chi connectivity index (χ1) is 16.0. The zero-order valence-corrected chi connectivity index (χ0v) is 18.8. The van der Waals surface area contributed by atoms with Crippen molar-refractivity contribution < 1.29 is 24.2 Å². The predicted molar refractivity (Wildman–Crippen MR) is 124 cm³/mol. The number of carbonyl (C=O) groups is 3. The monoisotopic (exact) mass is 450 g/mol. The Kier molecular flexibility index (Phi) is 6.96. The molecule has 0 saturated carbocycles. The van der Waals surface area contributed by atoms with Gasteiger partial charge in [-0.2, -0.15) is 0 Å². The van der Waals surface area contributed by atoms with Crippen LogP contribution in [0.2, 0.25) is 0 Å². The van der Waals surface area contributed by atoms with Gasteiger partial charge in [0.2, 0.25) is 5.91 Å². The Morgan fingerprint density at radius 3 is 2.36 bits per heavy atom. The van der Waals surface area contributed by atoms with E-state index in [1.807, 2.05) is 31.2 Å². The minimum atomic E-state index is -0.940. The second-order valence-corrected chi connectivity index (χ2v) is 8.82. The number of carboxylic acid groups (broad SMARTS) is 1. The van der Waals surface area contributed by atoms with Crippen LogP contribution >= 0.6 is 0 Å². The van der Waals surface area contributed by atoms with E-state index in [-0.39, 0.29) is 24.3 Å². The molecule has 2 aromatic carbocycles. The molecule has 7 heteroatoms. The van der Waals surface area contributed by atoms with E-state index in [2.05, 4.69) is 29.6 Å². The molecule has 0 bridgehead atoms. The third-order valence-electron chi connectivity index (χ3n) is 6.67. The van der Waals surface area contributed by atoms with Gasteiger partial charge in [0.25, 0.3) is 0 Å². The lowest BCUT2D eigenvalue weighted by Gasteiger charge is -2.24. The molecule has 0 radical (unpaired) electrons. The maximum absolute atomic E-state index is 12.6. The summed E-state index contributed by atoms with van der Waals surface area (Å²) in [6, 6.07) is 15.7. The van der Waals surface area contributed by atoms with Crippen LogP contribution in [0, 0.1) is 5.92 Å². The number of likely N-dealkylation sites (tertiary alicyclic amines) is 1. The van der Waals surface area contributed by atoms with Gasteiger partial charge in [0.1, 0.15) is 12.6 Å². The molecule has 0 spiro atoms. The number of amides is 2. The Labute approximate surface area is 193 Å². The molecule has 1 unspecified atom stereocenters. The average Bonchev–Trinajstić information content (AvgIpc) is 3.43. The molecular weight excluding hydrogens is 420 g/mol. The molecule has 1 aliphatic carbocycles. The lowest BCUT2D eigenvalue weighted by Crippen LogP contribution is -2.43. The van der Waals surface area contributed by atoms with E-state index < -0.39 is 18.1 Å². The number of rotatable bonds is 8. The van der Waals surface area contributed by atoms with E-state index in [1.54, 1.807) is 0 Å². The molecule has 174 valence electrons. The zero-order chi connectivity index (χ0) is 23.4. The van der Waals surface area contributed by atoms with Gasteiger partial charge in [0.15, 0.2) is 0 Å². The Balaban J connectivity index is 1.22. The number of benzene rings is 2.